The van der Waals surface area contributed by atoms with E-state index in [1.807, 2.05) is 47.7 Å². The van der Waals surface area contributed by atoms with Gasteiger partial charge in [-0.05, 0) is 134 Å². The lowest BCUT2D eigenvalue weighted by atomic mass is 9.96. The Hall–Kier alpha value is -3.48. The molecule has 1 aliphatic carbocycles. The molecule has 1 aliphatic rings. The Morgan fingerprint density at radius 2 is 1.39 bits per heavy atom. The van der Waals surface area contributed by atoms with Crippen molar-refractivity contribution in [2.75, 3.05) is 0 Å². The molecule has 0 bridgehead atoms. The SMILES string of the molecule is Cc1sc(-c2ccc(O)cc2)cc1C1=C(c2cc(-c3ccc(OC(=O)CCCC=O)cc3)sc2C)CCC1. The molecule has 5 rings (SSSR count). The lowest BCUT2D eigenvalue weighted by molar-refractivity contribution is -0.134. The van der Waals surface area contributed by atoms with Gasteiger partial charge in [-0.1, -0.05) is 0 Å². The molecule has 1 N–H and O–H groups in total. The maximum Gasteiger partial charge on any atom is 0.311 e. The fraction of sp³-hybridized carbons (Fsp3) is 0.250. The highest BCUT2D eigenvalue weighted by Gasteiger charge is 2.23. The number of thiophene rings is 2. The molecule has 4 nitrogen and oxygen atoms in total. The van der Waals surface area contributed by atoms with E-state index in [0.29, 0.717) is 18.6 Å². The monoisotopic (exact) mass is 542 g/mol. The van der Waals surface area contributed by atoms with Gasteiger partial charge in [0.05, 0.1) is 0 Å². The van der Waals surface area contributed by atoms with Gasteiger partial charge in [0, 0.05) is 32.4 Å². The number of benzene rings is 2. The zero-order chi connectivity index (χ0) is 26.6. The molecule has 6 heteroatoms. The van der Waals surface area contributed by atoms with Gasteiger partial charge in [-0.2, -0.15) is 0 Å². The molecule has 0 spiro atoms. The van der Waals surface area contributed by atoms with Crippen LogP contribution in [0.1, 0.15) is 59.4 Å². The van der Waals surface area contributed by atoms with E-state index in [4.69, 9.17) is 4.74 Å². The molecule has 194 valence electrons. The molecule has 0 saturated carbocycles. The highest BCUT2D eigenvalue weighted by molar-refractivity contribution is 7.16. The number of carbonyl (C=O) groups excluding carboxylic acids is 2. The number of carbonyl (C=O) groups is 2. The number of aldehydes is 1. The first-order valence-corrected chi connectivity index (χ1v) is 14.5. The Bertz CT molecular complexity index is 1490. The second-order valence-corrected chi connectivity index (χ2v) is 12.1. The van der Waals surface area contributed by atoms with E-state index in [0.717, 1.165) is 36.7 Å². The van der Waals surface area contributed by atoms with Crippen LogP contribution >= 0.6 is 22.7 Å². The maximum atomic E-state index is 12.0. The van der Waals surface area contributed by atoms with E-state index < -0.39 is 0 Å². The number of rotatable bonds is 9. The summed E-state index contributed by atoms with van der Waals surface area (Å²) in [6.45, 7) is 4.40. The molecule has 38 heavy (non-hydrogen) atoms. The molecule has 2 aromatic heterocycles. The normalized spacial score (nSPS) is 13.2. The largest absolute Gasteiger partial charge is 0.508 e. The Morgan fingerprint density at radius 1 is 0.868 bits per heavy atom. The highest BCUT2D eigenvalue weighted by atomic mass is 32.1. The minimum atomic E-state index is -0.313. The zero-order valence-corrected chi connectivity index (χ0v) is 23.2. The van der Waals surface area contributed by atoms with E-state index in [2.05, 4.69) is 26.0 Å². The van der Waals surface area contributed by atoms with Crippen LogP contribution in [0.2, 0.25) is 0 Å². The molecule has 0 radical (unpaired) electrons. The van der Waals surface area contributed by atoms with Gasteiger partial charge in [0.2, 0.25) is 0 Å². The van der Waals surface area contributed by atoms with Crippen molar-refractivity contribution in [2.24, 2.45) is 0 Å². The van der Waals surface area contributed by atoms with Gasteiger partial charge in [-0.25, -0.2) is 0 Å². The first-order valence-electron chi connectivity index (χ1n) is 12.9. The molecule has 0 fully saturated rings. The summed E-state index contributed by atoms with van der Waals surface area (Å²) < 4.78 is 5.41. The van der Waals surface area contributed by atoms with E-state index in [9.17, 15) is 14.7 Å². The second kappa shape index (κ2) is 11.5. The second-order valence-electron chi connectivity index (χ2n) is 9.58. The van der Waals surface area contributed by atoms with Gasteiger partial charge in [0.25, 0.3) is 0 Å². The summed E-state index contributed by atoms with van der Waals surface area (Å²) >= 11 is 3.61. The Morgan fingerprint density at radius 3 is 1.92 bits per heavy atom. The van der Waals surface area contributed by atoms with Crippen molar-refractivity contribution in [2.45, 2.75) is 52.4 Å². The third-order valence-electron chi connectivity index (χ3n) is 6.93. The summed E-state index contributed by atoms with van der Waals surface area (Å²) in [6, 6.07) is 19.7. The zero-order valence-electron chi connectivity index (χ0n) is 21.6. The summed E-state index contributed by atoms with van der Waals surface area (Å²) in [5.41, 5.74) is 7.81. The van der Waals surface area contributed by atoms with E-state index in [1.54, 1.807) is 23.5 Å². The van der Waals surface area contributed by atoms with Crippen LogP contribution in [0.3, 0.4) is 0 Å². The molecule has 4 aromatic rings. The lowest BCUT2D eigenvalue weighted by Gasteiger charge is -2.07. The van der Waals surface area contributed by atoms with Crippen LogP contribution in [0.25, 0.3) is 32.0 Å². The molecular formula is C32H30O4S2. The number of unbranched alkanes of at least 4 members (excludes halogenated alkanes) is 1. The number of hydrogen-bond donors (Lipinski definition) is 1. The van der Waals surface area contributed by atoms with E-state index in [-0.39, 0.29) is 18.1 Å². The number of esters is 1. The van der Waals surface area contributed by atoms with Crippen LogP contribution in [-0.4, -0.2) is 17.4 Å². The van der Waals surface area contributed by atoms with Crippen molar-refractivity contribution >= 4 is 46.1 Å². The fourth-order valence-corrected chi connectivity index (χ4v) is 7.12. The summed E-state index contributed by atoms with van der Waals surface area (Å²) in [4.78, 5) is 27.5. The predicted molar refractivity (Wildman–Crippen MR) is 157 cm³/mol. The summed E-state index contributed by atoms with van der Waals surface area (Å²) in [6.07, 6.45) is 5.27. The Kier molecular flexibility index (Phi) is 7.91. The Labute approximate surface area is 231 Å². The summed E-state index contributed by atoms with van der Waals surface area (Å²) in [5, 5.41) is 9.66. The van der Waals surface area contributed by atoms with Crippen molar-refractivity contribution in [1.82, 2.24) is 0 Å². The topological polar surface area (TPSA) is 63.6 Å². The van der Waals surface area contributed by atoms with Crippen molar-refractivity contribution in [1.29, 1.82) is 0 Å². The molecule has 0 saturated heterocycles. The van der Waals surface area contributed by atoms with E-state index >= 15 is 0 Å². The van der Waals surface area contributed by atoms with Gasteiger partial charge in [-0.3, -0.25) is 4.79 Å². The van der Waals surface area contributed by atoms with Crippen molar-refractivity contribution in [3.8, 4) is 32.4 Å². The number of phenolic OH excluding ortho intramolecular Hbond substituents is 1. The number of aromatic hydroxyl groups is 1. The van der Waals surface area contributed by atoms with E-state index in [1.165, 1.54) is 41.8 Å². The van der Waals surface area contributed by atoms with Gasteiger partial charge in [0.15, 0.2) is 0 Å². The molecule has 0 amide bonds. The van der Waals surface area contributed by atoms with Crippen LogP contribution in [0.5, 0.6) is 11.5 Å². The van der Waals surface area contributed by atoms with Gasteiger partial charge in [0.1, 0.15) is 17.8 Å². The van der Waals surface area contributed by atoms with Crippen molar-refractivity contribution in [3.63, 3.8) is 0 Å². The van der Waals surface area contributed by atoms with Crippen LogP contribution in [0.4, 0.5) is 0 Å². The van der Waals surface area contributed by atoms with Crippen LogP contribution in [0, 0.1) is 13.8 Å². The molecule has 0 aliphatic heterocycles. The van der Waals surface area contributed by atoms with Crippen LogP contribution in [-0.2, 0) is 9.59 Å². The Balaban J connectivity index is 1.38. The summed E-state index contributed by atoms with van der Waals surface area (Å²) in [5.74, 6) is 0.497. The summed E-state index contributed by atoms with van der Waals surface area (Å²) in [7, 11) is 0. The number of ether oxygens (including phenoxy) is 1. The molecule has 2 aromatic carbocycles. The minimum absolute atomic E-state index is 0.242. The number of phenols is 1. The number of hydrogen-bond acceptors (Lipinski definition) is 6. The predicted octanol–water partition coefficient (Wildman–Crippen LogP) is 8.84. The molecular weight excluding hydrogens is 512 g/mol. The van der Waals surface area contributed by atoms with Gasteiger partial charge < -0.3 is 14.6 Å². The smallest absolute Gasteiger partial charge is 0.311 e. The van der Waals surface area contributed by atoms with Crippen molar-refractivity contribution in [3.05, 3.63) is 81.5 Å². The fourth-order valence-electron chi connectivity index (χ4n) is 5.01. The standard InChI is InChI=1S/C32H30O4S2/c1-20-28(18-30(37-20)22-9-13-24(34)14-10-22)26-6-5-7-27(26)29-19-31(38-21(29)2)23-11-15-25(16-12-23)36-32(35)8-3-4-17-33/h9-19,34H,3-8H2,1-2H3. The molecule has 0 atom stereocenters. The van der Waals surface area contributed by atoms with Crippen LogP contribution < -0.4 is 4.74 Å². The molecule has 2 heterocycles. The average Bonchev–Trinajstić information content (AvgIpc) is 3.63. The third kappa shape index (κ3) is 5.66. The number of allylic oxidation sites excluding steroid dienone is 2. The van der Waals surface area contributed by atoms with Gasteiger partial charge in [-0.15, -0.1) is 22.7 Å². The average molecular weight is 543 g/mol. The first-order chi connectivity index (χ1) is 18.4. The number of aryl methyl sites for hydroxylation is 2. The quantitative estimate of drug-likeness (QED) is 0.0993. The lowest BCUT2D eigenvalue weighted by Crippen LogP contribution is -2.07. The molecule has 0 unspecified atom stereocenters. The minimum Gasteiger partial charge on any atom is -0.508 e. The third-order valence-corrected chi connectivity index (χ3v) is 9.13. The first kappa shape index (κ1) is 26.1. The maximum absolute atomic E-state index is 12.0. The van der Waals surface area contributed by atoms with Crippen LogP contribution in [0.15, 0.2) is 60.7 Å². The van der Waals surface area contributed by atoms with Gasteiger partial charge >= 0.3 is 5.97 Å². The van der Waals surface area contributed by atoms with Crippen molar-refractivity contribution < 1.29 is 19.4 Å². The highest BCUT2D eigenvalue weighted by Crippen LogP contribution is 2.47.